The first-order chi connectivity index (χ1) is 8.13. The number of thiophene rings is 1. The highest BCUT2D eigenvalue weighted by atomic mass is 79.9. The number of hydrogen-bond donors (Lipinski definition) is 1. The molecule has 0 bridgehead atoms. The van der Waals surface area contributed by atoms with Gasteiger partial charge in [-0.2, -0.15) is 0 Å². The Labute approximate surface area is 113 Å². The van der Waals surface area contributed by atoms with Crippen molar-refractivity contribution in [2.75, 3.05) is 0 Å². The predicted molar refractivity (Wildman–Crippen MR) is 73.8 cm³/mol. The molecule has 1 atom stereocenters. The quantitative estimate of drug-likeness (QED) is 0.900. The topological polar surface area (TPSA) is 26.0 Å². The number of aryl methyl sites for hydroxylation is 1. The highest BCUT2D eigenvalue weighted by Gasteiger charge is 2.17. The highest BCUT2D eigenvalue weighted by molar-refractivity contribution is 9.10. The third kappa shape index (κ3) is 2.59. The van der Waals surface area contributed by atoms with Crippen molar-refractivity contribution < 1.29 is 4.39 Å². The minimum atomic E-state index is -0.387. The van der Waals surface area contributed by atoms with Gasteiger partial charge in [-0.3, -0.25) is 0 Å². The van der Waals surface area contributed by atoms with E-state index >= 15 is 0 Å². The molecule has 1 aromatic heterocycles. The number of nitrogens with two attached hydrogens (primary N) is 1. The van der Waals surface area contributed by atoms with Crippen LogP contribution in [0.1, 0.15) is 29.0 Å². The van der Waals surface area contributed by atoms with Crippen molar-refractivity contribution in [2.45, 2.75) is 19.4 Å². The van der Waals surface area contributed by atoms with Gasteiger partial charge >= 0.3 is 0 Å². The van der Waals surface area contributed by atoms with Gasteiger partial charge in [0.2, 0.25) is 0 Å². The van der Waals surface area contributed by atoms with Crippen LogP contribution in [0.25, 0.3) is 0 Å². The van der Waals surface area contributed by atoms with Crippen LogP contribution in [0.5, 0.6) is 0 Å². The Morgan fingerprint density at radius 1 is 1.41 bits per heavy atom. The van der Waals surface area contributed by atoms with Crippen LogP contribution in [-0.4, -0.2) is 0 Å². The maximum atomic E-state index is 13.8. The van der Waals surface area contributed by atoms with Crippen molar-refractivity contribution >= 4 is 27.3 Å². The van der Waals surface area contributed by atoms with Gasteiger partial charge in [0.15, 0.2) is 0 Å². The molecule has 2 aromatic rings. The van der Waals surface area contributed by atoms with Crippen molar-refractivity contribution in [3.63, 3.8) is 0 Å². The monoisotopic (exact) mass is 313 g/mol. The molecule has 1 heterocycles. The Morgan fingerprint density at radius 3 is 2.88 bits per heavy atom. The molecule has 0 radical (unpaired) electrons. The fourth-order valence-corrected chi connectivity index (χ4v) is 3.20. The largest absolute Gasteiger partial charge is 0.320 e. The van der Waals surface area contributed by atoms with E-state index in [0.717, 1.165) is 15.8 Å². The van der Waals surface area contributed by atoms with E-state index in [1.165, 1.54) is 11.6 Å². The maximum Gasteiger partial charge on any atom is 0.128 e. The van der Waals surface area contributed by atoms with Gasteiger partial charge in [0.05, 0.1) is 6.04 Å². The second-order valence-corrected chi connectivity index (χ2v) is 5.67. The summed E-state index contributed by atoms with van der Waals surface area (Å²) in [6, 6.07) is 6.54. The number of benzene rings is 1. The van der Waals surface area contributed by atoms with Crippen LogP contribution >= 0.6 is 27.3 Å². The third-order valence-corrected chi connectivity index (χ3v) is 4.27. The standard InChI is InChI=1S/C13H13BrFNS/c1-2-8-5-6-17-13(8)12(16)10-7-9(14)3-4-11(10)15/h3-7,12H,2,16H2,1H3. The Morgan fingerprint density at radius 2 is 2.18 bits per heavy atom. The van der Waals surface area contributed by atoms with E-state index in [1.807, 2.05) is 5.38 Å². The molecule has 17 heavy (non-hydrogen) atoms. The molecule has 1 aromatic carbocycles. The zero-order valence-electron chi connectivity index (χ0n) is 9.41. The average Bonchev–Trinajstić information content (AvgIpc) is 2.79. The Balaban J connectivity index is 2.43. The van der Waals surface area contributed by atoms with Crippen LogP contribution in [0.15, 0.2) is 34.1 Å². The van der Waals surface area contributed by atoms with Crippen molar-refractivity contribution in [3.05, 3.63) is 55.9 Å². The molecular weight excluding hydrogens is 301 g/mol. The fourth-order valence-electron chi connectivity index (χ4n) is 1.81. The van der Waals surface area contributed by atoms with Crippen LogP contribution in [0.3, 0.4) is 0 Å². The van der Waals surface area contributed by atoms with Gasteiger partial charge in [-0.05, 0) is 41.6 Å². The lowest BCUT2D eigenvalue weighted by molar-refractivity contribution is 0.600. The molecule has 1 nitrogen and oxygen atoms in total. The van der Waals surface area contributed by atoms with Gasteiger partial charge in [-0.15, -0.1) is 11.3 Å². The van der Waals surface area contributed by atoms with Gasteiger partial charge in [0, 0.05) is 14.9 Å². The van der Waals surface area contributed by atoms with Crippen LogP contribution in [0.4, 0.5) is 4.39 Å². The lowest BCUT2D eigenvalue weighted by Gasteiger charge is -2.13. The maximum absolute atomic E-state index is 13.8. The van der Waals surface area contributed by atoms with Crippen molar-refractivity contribution in [1.82, 2.24) is 0 Å². The summed E-state index contributed by atoms with van der Waals surface area (Å²) in [5, 5.41) is 2.00. The zero-order chi connectivity index (χ0) is 12.4. The van der Waals surface area contributed by atoms with Crippen LogP contribution in [0, 0.1) is 5.82 Å². The van der Waals surface area contributed by atoms with Gasteiger partial charge in [0.25, 0.3) is 0 Å². The highest BCUT2D eigenvalue weighted by Crippen LogP contribution is 2.31. The molecule has 0 spiro atoms. The molecule has 0 aliphatic heterocycles. The van der Waals surface area contributed by atoms with Crippen LogP contribution < -0.4 is 5.73 Å². The molecule has 0 aliphatic carbocycles. The van der Waals surface area contributed by atoms with Gasteiger partial charge in [-0.25, -0.2) is 4.39 Å². The van der Waals surface area contributed by atoms with E-state index in [1.54, 1.807) is 23.5 Å². The van der Waals surface area contributed by atoms with Gasteiger partial charge < -0.3 is 5.73 Å². The van der Waals surface area contributed by atoms with E-state index in [4.69, 9.17) is 5.73 Å². The summed E-state index contributed by atoms with van der Waals surface area (Å²) in [7, 11) is 0. The van der Waals surface area contributed by atoms with E-state index in [0.29, 0.717) is 5.56 Å². The SMILES string of the molecule is CCc1ccsc1C(N)c1cc(Br)ccc1F. The van der Waals surface area contributed by atoms with Crippen LogP contribution in [0.2, 0.25) is 0 Å². The fraction of sp³-hybridized carbons (Fsp3) is 0.231. The lowest BCUT2D eigenvalue weighted by atomic mass is 10.0. The summed E-state index contributed by atoms with van der Waals surface area (Å²) >= 11 is 4.93. The molecule has 0 saturated heterocycles. The summed E-state index contributed by atoms with van der Waals surface area (Å²) in [6.07, 6.45) is 0.919. The smallest absolute Gasteiger partial charge is 0.128 e. The number of hydrogen-bond acceptors (Lipinski definition) is 2. The van der Waals surface area contributed by atoms with E-state index in [2.05, 4.69) is 28.9 Å². The van der Waals surface area contributed by atoms with Gasteiger partial charge in [-0.1, -0.05) is 22.9 Å². The third-order valence-electron chi connectivity index (χ3n) is 2.74. The molecule has 2 N–H and O–H groups in total. The molecule has 0 fully saturated rings. The minimum absolute atomic E-state index is 0.254. The Bertz CT molecular complexity index is 524. The summed E-state index contributed by atoms with van der Waals surface area (Å²) in [6.45, 7) is 2.08. The molecule has 1 unspecified atom stereocenters. The predicted octanol–water partition coefficient (Wildman–Crippen LogP) is 4.26. The van der Waals surface area contributed by atoms with Crippen LogP contribution in [-0.2, 0) is 6.42 Å². The molecule has 0 amide bonds. The molecule has 2 rings (SSSR count). The first-order valence-electron chi connectivity index (χ1n) is 5.40. The minimum Gasteiger partial charge on any atom is -0.320 e. The molecule has 90 valence electrons. The van der Waals surface area contributed by atoms with E-state index in [9.17, 15) is 4.39 Å². The molecule has 0 saturated carbocycles. The molecule has 4 heteroatoms. The van der Waals surface area contributed by atoms with Gasteiger partial charge in [0.1, 0.15) is 5.82 Å². The number of halogens is 2. The first kappa shape index (κ1) is 12.7. The first-order valence-corrected chi connectivity index (χ1v) is 7.07. The number of rotatable bonds is 3. The van der Waals surface area contributed by atoms with Crippen molar-refractivity contribution in [1.29, 1.82) is 0 Å². The van der Waals surface area contributed by atoms with E-state index < -0.39 is 0 Å². The second kappa shape index (κ2) is 5.29. The summed E-state index contributed by atoms with van der Waals surface area (Å²) in [5.74, 6) is -0.254. The van der Waals surface area contributed by atoms with Crippen molar-refractivity contribution in [3.8, 4) is 0 Å². The Kier molecular flexibility index (Phi) is 3.97. The zero-order valence-corrected chi connectivity index (χ0v) is 11.8. The van der Waals surface area contributed by atoms with E-state index in [-0.39, 0.29) is 11.9 Å². The normalized spacial score (nSPS) is 12.7. The molecular formula is C13H13BrFNS. The Hall–Kier alpha value is -0.710. The summed E-state index contributed by atoms with van der Waals surface area (Å²) in [5.41, 5.74) is 7.89. The molecule has 0 aliphatic rings. The lowest BCUT2D eigenvalue weighted by Crippen LogP contribution is -2.13. The second-order valence-electron chi connectivity index (χ2n) is 3.81. The summed E-state index contributed by atoms with van der Waals surface area (Å²) in [4.78, 5) is 1.05. The summed E-state index contributed by atoms with van der Waals surface area (Å²) < 4.78 is 14.6. The average molecular weight is 314 g/mol. The van der Waals surface area contributed by atoms with Crippen molar-refractivity contribution in [2.24, 2.45) is 5.73 Å².